The highest BCUT2D eigenvalue weighted by Crippen LogP contribution is 2.25. The van der Waals surface area contributed by atoms with E-state index in [1.54, 1.807) is 11.8 Å². The highest BCUT2D eigenvalue weighted by atomic mass is 32.2. The van der Waals surface area contributed by atoms with E-state index in [4.69, 9.17) is 5.11 Å². The summed E-state index contributed by atoms with van der Waals surface area (Å²) in [5, 5.41) is 8.70. The van der Waals surface area contributed by atoms with Crippen molar-refractivity contribution in [3.05, 3.63) is 53.0 Å². The molecule has 0 bridgehead atoms. The standard InChI is InChI=1S/C14H15NO2S/c16-14(17)10-15-9-13(18-11-15)8-4-7-12-5-2-1-3-6-12/h1-8H,9-11H2,(H,16,17). The molecule has 0 aromatic heterocycles. The van der Waals surface area contributed by atoms with Crippen molar-refractivity contribution in [2.75, 3.05) is 19.0 Å². The van der Waals surface area contributed by atoms with Crippen LogP contribution in [0.3, 0.4) is 0 Å². The molecule has 0 radical (unpaired) electrons. The normalized spacial score (nSPS) is 18.8. The van der Waals surface area contributed by atoms with E-state index in [9.17, 15) is 4.79 Å². The number of carboxylic acid groups (broad SMARTS) is 1. The molecule has 1 N–H and O–H groups in total. The zero-order valence-electron chi connectivity index (χ0n) is 9.95. The third-order valence-corrected chi connectivity index (χ3v) is 3.67. The number of rotatable bonds is 4. The van der Waals surface area contributed by atoms with Crippen LogP contribution in [0.2, 0.25) is 0 Å². The topological polar surface area (TPSA) is 40.5 Å². The summed E-state index contributed by atoms with van der Waals surface area (Å²) in [4.78, 5) is 13.7. The van der Waals surface area contributed by atoms with Crippen molar-refractivity contribution in [1.29, 1.82) is 0 Å². The minimum Gasteiger partial charge on any atom is -0.480 e. The Labute approximate surface area is 111 Å². The lowest BCUT2D eigenvalue weighted by Gasteiger charge is -2.08. The maximum Gasteiger partial charge on any atom is 0.317 e. The van der Waals surface area contributed by atoms with Crippen molar-refractivity contribution in [2.45, 2.75) is 0 Å². The Morgan fingerprint density at radius 3 is 2.89 bits per heavy atom. The van der Waals surface area contributed by atoms with Gasteiger partial charge in [-0.05, 0) is 5.56 Å². The second-order valence-corrected chi connectivity index (χ2v) is 5.13. The number of carbonyl (C=O) groups is 1. The van der Waals surface area contributed by atoms with Crippen LogP contribution in [0.1, 0.15) is 5.56 Å². The summed E-state index contributed by atoms with van der Waals surface area (Å²) in [6, 6.07) is 10.1. The second kappa shape index (κ2) is 6.42. The lowest BCUT2D eigenvalue weighted by molar-refractivity contribution is -0.137. The van der Waals surface area contributed by atoms with Crippen molar-refractivity contribution >= 4 is 23.8 Å². The molecule has 1 aliphatic rings. The summed E-state index contributed by atoms with van der Waals surface area (Å²) < 4.78 is 0. The number of benzene rings is 1. The molecule has 1 fully saturated rings. The highest BCUT2D eigenvalue weighted by Gasteiger charge is 2.18. The molecule has 18 heavy (non-hydrogen) atoms. The summed E-state index contributed by atoms with van der Waals surface area (Å²) in [7, 11) is 0. The molecule has 1 saturated heterocycles. The van der Waals surface area contributed by atoms with E-state index < -0.39 is 5.97 Å². The Balaban J connectivity index is 1.88. The van der Waals surface area contributed by atoms with E-state index in [2.05, 4.69) is 6.08 Å². The molecule has 0 spiro atoms. The number of hydrogen-bond donors (Lipinski definition) is 1. The predicted octanol–water partition coefficient (Wildman–Crippen LogP) is 2.67. The minimum absolute atomic E-state index is 0.118. The lowest BCUT2D eigenvalue weighted by Crippen LogP contribution is -2.26. The van der Waals surface area contributed by atoms with Crippen molar-refractivity contribution in [2.24, 2.45) is 0 Å². The van der Waals surface area contributed by atoms with Crippen LogP contribution < -0.4 is 0 Å². The number of carboxylic acids is 1. The van der Waals surface area contributed by atoms with Gasteiger partial charge in [0, 0.05) is 17.3 Å². The molecule has 4 heteroatoms. The van der Waals surface area contributed by atoms with Gasteiger partial charge in [-0.1, -0.05) is 48.6 Å². The fraction of sp³-hybridized carbons (Fsp3) is 0.214. The Morgan fingerprint density at radius 2 is 2.17 bits per heavy atom. The molecular weight excluding hydrogens is 246 g/mol. The van der Waals surface area contributed by atoms with Crippen LogP contribution in [-0.4, -0.2) is 34.9 Å². The molecule has 1 aromatic carbocycles. The number of aliphatic carboxylic acids is 1. The summed E-state index contributed by atoms with van der Waals surface area (Å²) in [5.74, 6) is -0.00574. The molecule has 1 aromatic rings. The number of allylic oxidation sites excluding steroid dienone is 2. The summed E-state index contributed by atoms with van der Waals surface area (Å²) in [6.45, 7) is 0.850. The molecule has 0 saturated carbocycles. The number of hydrogen-bond acceptors (Lipinski definition) is 3. The molecule has 0 aliphatic carbocycles. The first kappa shape index (κ1) is 12.9. The van der Waals surface area contributed by atoms with Crippen LogP contribution in [0, 0.1) is 0 Å². The fourth-order valence-corrected chi connectivity index (χ4v) is 2.69. The Bertz CT molecular complexity index is 468. The van der Waals surface area contributed by atoms with Gasteiger partial charge in [-0.25, -0.2) is 0 Å². The van der Waals surface area contributed by atoms with Gasteiger partial charge in [0.05, 0.1) is 6.54 Å². The van der Waals surface area contributed by atoms with Gasteiger partial charge in [0.25, 0.3) is 0 Å². The van der Waals surface area contributed by atoms with E-state index in [0.29, 0.717) is 0 Å². The Kier molecular flexibility index (Phi) is 4.61. The van der Waals surface area contributed by atoms with Crippen molar-refractivity contribution < 1.29 is 9.90 Å². The van der Waals surface area contributed by atoms with Crippen LogP contribution in [0.4, 0.5) is 0 Å². The van der Waals surface area contributed by atoms with Crippen molar-refractivity contribution in [3.63, 3.8) is 0 Å². The second-order valence-electron chi connectivity index (χ2n) is 4.06. The van der Waals surface area contributed by atoms with E-state index in [1.807, 2.05) is 47.4 Å². The fourth-order valence-electron chi connectivity index (χ4n) is 1.71. The van der Waals surface area contributed by atoms with E-state index in [-0.39, 0.29) is 6.54 Å². The van der Waals surface area contributed by atoms with Crippen LogP contribution in [-0.2, 0) is 4.79 Å². The molecule has 0 unspecified atom stereocenters. The molecular formula is C14H15NO2S. The van der Waals surface area contributed by atoms with Crippen LogP contribution in [0.25, 0.3) is 6.08 Å². The van der Waals surface area contributed by atoms with Gasteiger partial charge in [0.1, 0.15) is 0 Å². The van der Waals surface area contributed by atoms with E-state index >= 15 is 0 Å². The van der Waals surface area contributed by atoms with Crippen LogP contribution in [0.5, 0.6) is 0 Å². The van der Waals surface area contributed by atoms with Gasteiger partial charge in [0.2, 0.25) is 0 Å². The molecule has 3 nitrogen and oxygen atoms in total. The quantitative estimate of drug-likeness (QED) is 0.904. The monoisotopic (exact) mass is 261 g/mol. The molecule has 1 aliphatic heterocycles. The van der Waals surface area contributed by atoms with Gasteiger partial charge in [-0.2, -0.15) is 0 Å². The first-order valence-electron chi connectivity index (χ1n) is 5.73. The third-order valence-electron chi connectivity index (χ3n) is 2.54. The Hall–Kier alpha value is -1.52. The van der Waals surface area contributed by atoms with Gasteiger partial charge >= 0.3 is 5.97 Å². The average molecular weight is 261 g/mol. The predicted molar refractivity (Wildman–Crippen MR) is 75.2 cm³/mol. The smallest absolute Gasteiger partial charge is 0.317 e. The van der Waals surface area contributed by atoms with E-state index in [1.165, 1.54) is 10.5 Å². The van der Waals surface area contributed by atoms with E-state index in [0.717, 1.165) is 12.4 Å². The average Bonchev–Trinajstić information content (AvgIpc) is 2.77. The van der Waals surface area contributed by atoms with Gasteiger partial charge in [0.15, 0.2) is 0 Å². The Morgan fingerprint density at radius 1 is 1.39 bits per heavy atom. The minimum atomic E-state index is -0.767. The summed E-state index contributed by atoms with van der Waals surface area (Å²) in [5.41, 5.74) is 1.17. The van der Waals surface area contributed by atoms with Gasteiger partial charge in [-0.3, -0.25) is 9.69 Å². The lowest BCUT2D eigenvalue weighted by atomic mass is 10.2. The van der Waals surface area contributed by atoms with Crippen LogP contribution >= 0.6 is 11.8 Å². The molecule has 0 atom stereocenters. The van der Waals surface area contributed by atoms with Crippen LogP contribution in [0.15, 0.2) is 47.4 Å². The van der Waals surface area contributed by atoms with Crippen molar-refractivity contribution in [3.8, 4) is 0 Å². The highest BCUT2D eigenvalue weighted by molar-refractivity contribution is 8.03. The first-order chi connectivity index (χ1) is 8.74. The zero-order chi connectivity index (χ0) is 12.8. The maximum atomic E-state index is 10.6. The first-order valence-corrected chi connectivity index (χ1v) is 6.72. The van der Waals surface area contributed by atoms with Crippen molar-refractivity contribution in [1.82, 2.24) is 4.90 Å². The molecule has 2 rings (SSSR count). The number of thioether (sulfide) groups is 1. The summed E-state index contributed by atoms with van der Waals surface area (Å²) >= 11 is 1.70. The molecule has 1 heterocycles. The SMILES string of the molecule is O=C(O)CN1CSC(=CC=Cc2ccccc2)C1. The van der Waals surface area contributed by atoms with Gasteiger partial charge in [-0.15, -0.1) is 11.8 Å². The maximum absolute atomic E-state index is 10.6. The van der Waals surface area contributed by atoms with Gasteiger partial charge < -0.3 is 5.11 Å². The number of nitrogens with zero attached hydrogens (tertiary/aromatic N) is 1. The summed E-state index contributed by atoms with van der Waals surface area (Å²) in [6.07, 6.45) is 6.12. The molecule has 0 amide bonds. The largest absolute Gasteiger partial charge is 0.480 e. The molecule has 94 valence electrons. The zero-order valence-corrected chi connectivity index (χ0v) is 10.8. The third kappa shape index (κ3) is 4.05.